The summed E-state index contributed by atoms with van der Waals surface area (Å²) in [6, 6.07) is 7.17. The molecule has 0 radical (unpaired) electrons. The molecule has 0 amide bonds. The van der Waals surface area contributed by atoms with Gasteiger partial charge in [0.1, 0.15) is 0 Å². The number of rotatable bonds is 1. The van der Waals surface area contributed by atoms with Crippen molar-refractivity contribution in [2.75, 3.05) is 11.5 Å². The fraction of sp³-hybridized carbons (Fsp3) is 0.455. The summed E-state index contributed by atoms with van der Waals surface area (Å²) in [6.07, 6.45) is 0.587. The van der Waals surface area contributed by atoms with Gasteiger partial charge in [-0.1, -0.05) is 23.7 Å². The molecular weight excluding hydrogens is 246 g/mol. The molecule has 5 heteroatoms. The summed E-state index contributed by atoms with van der Waals surface area (Å²) < 4.78 is 22.8. The van der Waals surface area contributed by atoms with Crippen LogP contribution in [0, 0.1) is 0 Å². The summed E-state index contributed by atoms with van der Waals surface area (Å²) in [5.41, 5.74) is 6.95. The fourth-order valence-electron chi connectivity index (χ4n) is 2.16. The van der Waals surface area contributed by atoms with Crippen molar-refractivity contribution in [3.8, 4) is 0 Å². The number of halogens is 1. The predicted octanol–water partition coefficient (Wildman–Crippen LogP) is 1.57. The average molecular weight is 260 g/mol. The lowest BCUT2D eigenvalue weighted by atomic mass is 9.90. The number of nitrogens with two attached hydrogens (primary N) is 1. The van der Waals surface area contributed by atoms with E-state index in [9.17, 15) is 8.42 Å². The lowest BCUT2D eigenvalue weighted by Gasteiger charge is -2.28. The molecular formula is C11H14ClNO2S. The van der Waals surface area contributed by atoms with Crippen molar-refractivity contribution in [1.82, 2.24) is 0 Å². The molecule has 1 heterocycles. The predicted molar refractivity (Wildman–Crippen MR) is 65.4 cm³/mol. The van der Waals surface area contributed by atoms with Crippen molar-refractivity contribution in [2.24, 2.45) is 5.73 Å². The van der Waals surface area contributed by atoms with Crippen molar-refractivity contribution < 1.29 is 8.42 Å². The van der Waals surface area contributed by atoms with Crippen LogP contribution in [-0.2, 0) is 9.84 Å². The monoisotopic (exact) mass is 259 g/mol. The van der Waals surface area contributed by atoms with Gasteiger partial charge in [-0.05, 0) is 24.1 Å². The van der Waals surface area contributed by atoms with Gasteiger partial charge in [0.25, 0.3) is 0 Å². The molecule has 3 nitrogen and oxygen atoms in total. The zero-order chi connectivity index (χ0) is 11.8. The first-order valence-corrected chi connectivity index (χ1v) is 7.39. The lowest BCUT2D eigenvalue weighted by molar-refractivity contribution is 0.505. The van der Waals surface area contributed by atoms with Gasteiger partial charge in [-0.2, -0.15) is 0 Å². The Morgan fingerprint density at radius 1 is 1.38 bits per heavy atom. The zero-order valence-electron chi connectivity index (χ0n) is 8.77. The maximum absolute atomic E-state index is 11.4. The van der Waals surface area contributed by atoms with Gasteiger partial charge in [-0.15, -0.1) is 0 Å². The highest BCUT2D eigenvalue weighted by Crippen LogP contribution is 2.29. The first kappa shape index (κ1) is 11.9. The van der Waals surface area contributed by atoms with Gasteiger partial charge in [0.05, 0.1) is 11.5 Å². The summed E-state index contributed by atoms with van der Waals surface area (Å²) in [6.45, 7) is 0. The van der Waals surface area contributed by atoms with Crippen molar-refractivity contribution >= 4 is 21.4 Å². The van der Waals surface area contributed by atoms with Crippen molar-refractivity contribution in [3.05, 3.63) is 34.9 Å². The molecule has 1 aromatic rings. The van der Waals surface area contributed by atoms with Crippen LogP contribution in [0.25, 0.3) is 0 Å². The smallest absolute Gasteiger partial charge is 0.151 e. The van der Waals surface area contributed by atoms with Crippen LogP contribution in [0.1, 0.15) is 17.9 Å². The normalized spacial score (nSPS) is 28.9. The Kier molecular flexibility index (Phi) is 3.24. The Morgan fingerprint density at radius 3 is 2.75 bits per heavy atom. The van der Waals surface area contributed by atoms with E-state index in [1.807, 2.05) is 18.2 Å². The summed E-state index contributed by atoms with van der Waals surface area (Å²) in [7, 11) is -2.94. The minimum absolute atomic E-state index is 0.0736. The second kappa shape index (κ2) is 4.35. The molecule has 2 atom stereocenters. The van der Waals surface area contributed by atoms with Gasteiger partial charge in [-0.3, -0.25) is 0 Å². The Hall–Kier alpha value is -0.580. The van der Waals surface area contributed by atoms with Gasteiger partial charge in [0, 0.05) is 17.0 Å². The third-order valence-corrected chi connectivity index (χ3v) is 4.97. The summed E-state index contributed by atoms with van der Waals surface area (Å²) in [4.78, 5) is 0. The number of sulfone groups is 1. The van der Waals surface area contributed by atoms with E-state index in [4.69, 9.17) is 17.3 Å². The molecule has 0 spiro atoms. The van der Waals surface area contributed by atoms with Crippen LogP contribution in [0.5, 0.6) is 0 Å². The van der Waals surface area contributed by atoms with E-state index in [2.05, 4.69) is 0 Å². The second-order valence-corrected chi connectivity index (χ2v) is 6.89. The molecule has 1 saturated heterocycles. The van der Waals surface area contributed by atoms with Crippen LogP contribution in [0.3, 0.4) is 0 Å². The van der Waals surface area contributed by atoms with Crippen LogP contribution in [0.2, 0.25) is 5.02 Å². The van der Waals surface area contributed by atoms with E-state index in [1.54, 1.807) is 6.07 Å². The molecule has 2 N–H and O–H groups in total. The fourth-order valence-corrected chi connectivity index (χ4v) is 3.96. The molecule has 2 unspecified atom stereocenters. The molecule has 2 rings (SSSR count). The number of hydrogen-bond acceptors (Lipinski definition) is 3. The summed E-state index contributed by atoms with van der Waals surface area (Å²) in [5.74, 6) is 0.393. The molecule has 0 saturated carbocycles. The minimum atomic E-state index is -2.94. The van der Waals surface area contributed by atoms with Crippen LogP contribution >= 0.6 is 11.6 Å². The first-order chi connectivity index (χ1) is 7.48. The molecule has 88 valence electrons. The first-order valence-electron chi connectivity index (χ1n) is 5.19. The third-order valence-electron chi connectivity index (χ3n) is 2.98. The summed E-state index contributed by atoms with van der Waals surface area (Å²) >= 11 is 5.91. The topological polar surface area (TPSA) is 60.2 Å². The maximum Gasteiger partial charge on any atom is 0.151 e. The Morgan fingerprint density at radius 2 is 2.12 bits per heavy atom. The second-order valence-electron chi connectivity index (χ2n) is 4.23. The molecule has 1 aliphatic heterocycles. The highest BCUT2D eigenvalue weighted by atomic mass is 35.5. The van der Waals surface area contributed by atoms with Gasteiger partial charge < -0.3 is 5.73 Å². The van der Waals surface area contributed by atoms with E-state index >= 15 is 0 Å². The molecule has 1 fully saturated rings. The van der Waals surface area contributed by atoms with E-state index in [0.29, 0.717) is 11.4 Å². The van der Waals surface area contributed by atoms with Crippen molar-refractivity contribution in [2.45, 2.75) is 18.4 Å². The number of benzene rings is 1. The van der Waals surface area contributed by atoms with Gasteiger partial charge in [0.15, 0.2) is 9.84 Å². The zero-order valence-corrected chi connectivity index (χ0v) is 10.3. The molecule has 0 aliphatic carbocycles. The molecule has 1 aliphatic rings. The molecule has 16 heavy (non-hydrogen) atoms. The Labute approximate surface area is 101 Å². The van der Waals surface area contributed by atoms with Crippen molar-refractivity contribution in [1.29, 1.82) is 0 Å². The van der Waals surface area contributed by atoms with E-state index < -0.39 is 9.84 Å². The third kappa shape index (κ3) is 2.56. The molecule has 0 aromatic heterocycles. The van der Waals surface area contributed by atoms with E-state index in [0.717, 1.165) is 5.56 Å². The van der Waals surface area contributed by atoms with Gasteiger partial charge >= 0.3 is 0 Å². The van der Waals surface area contributed by atoms with E-state index in [-0.39, 0.29) is 23.5 Å². The van der Waals surface area contributed by atoms with Crippen molar-refractivity contribution in [3.63, 3.8) is 0 Å². The van der Waals surface area contributed by atoms with Gasteiger partial charge in [-0.25, -0.2) is 8.42 Å². The Balaban J connectivity index is 2.24. The maximum atomic E-state index is 11.4. The molecule has 1 aromatic carbocycles. The SMILES string of the molecule is NC1CS(=O)(=O)CCC1c1cccc(Cl)c1. The van der Waals surface area contributed by atoms with Crippen LogP contribution in [-0.4, -0.2) is 26.0 Å². The highest BCUT2D eigenvalue weighted by molar-refractivity contribution is 7.91. The van der Waals surface area contributed by atoms with Crippen LogP contribution in [0.15, 0.2) is 24.3 Å². The van der Waals surface area contributed by atoms with Gasteiger partial charge in [0.2, 0.25) is 0 Å². The average Bonchev–Trinajstić information content (AvgIpc) is 2.15. The minimum Gasteiger partial charge on any atom is -0.326 e. The number of hydrogen-bond donors (Lipinski definition) is 1. The molecule has 0 bridgehead atoms. The summed E-state index contributed by atoms with van der Waals surface area (Å²) in [5, 5.41) is 0.665. The standard InChI is InChI=1S/C11H14ClNO2S/c12-9-3-1-2-8(6-9)10-4-5-16(14,15)7-11(10)13/h1-3,6,10-11H,4-5,7,13H2. The largest absolute Gasteiger partial charge is 0.326 e. The lowest BCUT2D eigenvalue weighted by Crippen LogP contribution is -2.41. The van der Waals surface area contributed by atoms with Crippen LogP contribution < -0.4 is 5.73 Å². The quantitative estimate of drug-likeness (QED) is 0.833. The Bertz CT molecular complexity index is 487. The highest BCUT2D eigenvalue weighted by Gasteiger charge is 2.31. The van der Waals surface area contributed by atoms with E-state index in [1.165, 1.54) is 0 Å². The van der Waals surface area contributed by atoms with Crippen LogP contribution in [0.4, 0.5) is 0 Å².